The van der Waals surface area contributed by atoms with Crippen molar-refractivity contribution < 1.29 is 14.3 Å². The summed E-state index contributed by atoms with van der Waals surface area (Å²) in [6.45, 7) is 1.22. The third-order valence-electron chi connectivity index (χ3n) is 5.86. The summed E-state index contributed by atoms with van der Waals surface area (Å²) < 4.78 is 5.94. The van der Waals surface area contributed by atoms with Gasteiger partial charge in [0.1, 0.15) is 5.75 Å². The number of fused-ring (bicyclic) bond motifs is 1. The Balaban J connectivity index is 1.09. The van der Waals surface area contributed by atoms with Gasteiger partial charge in [-0.25, -0.2) is 0 Å². The first-order valence-electron chi connectivity index (χ1n) is 11.5. The van der Waals surface area contributed by atoms with Crippen molar-refractivity contribution in [1.29, 1.82) is 0 Å². The highest BCUT2D eigenvalue weighted by Gasteiger charge is 2.34. The zero-order valence-electron chi connectivity index (χ0n) is 18.3. The van der Waals surface area contributed by atoms with Crippen LogP contribution in [0.4, 0.5) is 0 Å². The van der Waals surface area contributed by atoms with Crippen molar-refractivity contribution in [3.8, 4) is 16.9 Å². The van der Waals surface area contributed by atoms with Crippen LogP contribution >= 0.6 is 0 Å². The Bertz CT molecular complexity index is 1030. The number of rotatable bonds is 11. The highest BCUT2D eigenvalue weighted by Crippen LogP contribution is 2.24. The van der Waals surface area contributed by atoms with Gasteiger partial charge in [0, 0.05) is 6.54 Å². The van der Waals surface area contributed by atoms with Crippen LogP contribution in [0.3, 0.4) is 0 Å². The molecule has 1 heterocycles. The lowest BCUT2D eigenvalue weighted by molar-refractivity contribution is 0.0651. The van der Waals surface area contributed by atoms with Gasteiger partial charge in [-0.05, 0) is 48.2 Å². The summed E-state index contributed by atoms with van der Waals surface area (Å²) in [4.78, 5) is 26.1. The van der Waals surface area contributed by atoms with Crippen LogP contribution in [0.15, 0.2) is 78.9 Å². The summed E-state index contributed by atoms with van der Waals surface area (Å²) in [5.74, 6) is 0.602. The molecule has 0 spiro atoms. The highest BCUT2D eigenvalue weighted by atomic mass is 16.5. The molecule has 0 saturated heterocycles. The van der Waals surface area contributed by atoms with E-state index in [9.17, 15) is 9.59 Å². The van der Waals surface area contributed by atoms with Crippen molar-refractivity contribution in [2.75, 3.05) is 13.2 Å². The Kier molecular flexibility index (Phi) is 7.34. The quantitative estimate of drug-likeness (QED) is 0.264. The van der Waals surface area contributed by atoms with Crippen molar-refractivity contribution in [3.63, 3.8) is 0 Å². The molecule has 0 saturated carbocycles. The van der Waals surface area contributed by atoms with E-state index in [2.05, 4.69) is 24.3 Å². The van der Waals surface area contributed by atoms with Gasteiger partial charge < -0.3 is 4.74 Å². The van der Waals surface area contributed by atoms with Gasteiger partial charge in [0.2, 0.25) is 0 Å². The molecule has 1 aliphatic rings. The third-order valence-corrected chi connectivity index (χ3v) is 5.86. The van der Waals surface area contributed by atoms with E-state index in [1.807, 2.05) is 30.3 Å². The fraction of sp³-hybridized carbons (Fsp3) is 0.286. The lowest BCUT2D eigenvalue weighted by Crippen LogP contribution is -2.30. The molecule has 1 aliphatic heterocycles. The Labute approximate surface area is 189 Å². The SMILES string of the molecule is O=C1c2ccccc2C(=O)N1CCCCCCCCOc1cccc(-c2ccccc2)c1. The van der Waals surface area contributed by atoms with E-state index in [-0.39, 0.29) is 11.8 Å². The molecule has 0 aromatic heterocycles. The minimum Gasteiger partial charge on any atom is -0.494 e. The van der Waals surface area contributed by atoms with Crippen LogP contribution < -0.4 is 4.74 Å². The topological polar surface area (TPSA) is 46.6 Å². The van der Waals surface area contributed by atoms with E-state index in [0.29, 0.717) is 24.3 Å². The van der Waals surface area contributed by atoms with Crippen molar-refractivity contribution in [3.05, 3.63) is 90.0 Å². The molecular weight excluding hydrogens is 398 g/mol. The minimum atomic E-state index is -0.154. The average molecular weight is 428 g/mol. The van der Waals surface area contributed by atoms with Crippen LogP contribution in [-0.4, -0.2) is 29.9 Å². The molecule has 4 heteroatoms. The number of hydrogen-bond donors (Lipinski definition) is 0. The summed E-state index contributed by atoms with van der Waals surface area (Å²) >= 11 is 0. The average Bonchev–Trinajstić information content (AvgIpc) is 3.08. The molecule has 0 atom stereocenters. The normalized spacial score (nSPS) is 12.8. The highest BCUT2D eigenvalue weighted by molar-refractivity contribution is 6.21. The predicted molar refractivity (Wildman–Crippen MR) is 127 cm³/mol. The number of hydrogen-bond acceptors (Lipinski definition) is 3. The standard InChI is InChI=1S/C28H29NO3/c30-27-25-17-8-9-18-26(25)28(31)29(27)19-10-3-1-2-4-11-20-32-24-16-12-15-23(21-24)22-13-6-5-7-14-22/h5-9,12-18,21H,1-4,10-11,19-20H2. The second-order valence-electron chi connectivity index (χ2n) is 8.17. The molecule has 0 fully saturated rings. The number of benzene rings is 3. The molecule has 3 aromatic rings. The largest absolute Gasteiger partial charge is 0.494 e. The second-order valence-corrected chi connectivity index (χ2v) is 8.17. The lowest BCUT2D eigenvalue weighted by atomic mass is 10.1. The maximum absolute atomic E-state index is 12.4. The van der Waals surface area contributed by atoms with Gasteiger partial charge in [0.05, 0.1) is 17.7 Å². The first-order valence-corrected chi connectivity index (χ1v) is 11.5. The Morgan fingerprint density at radius 1 is 0.594 bits per heavy atom. The molecule has 164 valence electrons. The summed E-state index contributed by atoms with van der Waals surface area (Å²) in [7, 11) is 0. The molecule has 0 bridgehead atoms. The van der Waals surface area contributed by atoms with E-state index in [1.165, 1.54) is 16.0 Å². The summed E-state index contributed by atoms with van der Waals surface area (Å²) in [5, 5.41) is 0. The molecule has 4 rings (SSSR count). The molecule has 4 nitrogen and oxygen atoms in total. The minimum absolute atomic E-state index is 0.154. The lowest BCUT2D eigenvalue weighted by Gasteiger charge is -2.13. The van der Waals surface area contributed by atoms with Crippen LogP contribution in [0.2, 0.25) is 0 Å². The van der Waals surface area contributed by atoms with Crippen molar-refractivity contribution in [1.82, 2.24) is 4.90 Å². The maximum atomic E-state index is 12.4. The van der Waals surface area contributed by atoms with Crippen molar-refractivity contribution in [2.24, 2.45) is 0 Å². The number of ether oxygens (including phenoxy) is 1. The number of carbonyl (C=O) groups excluding carboxylic acids is 2. The van der Waals surface area contributed by atoms with E-state index in [1.54, 1.807) is 24.3 Å². The predicted octanol–water partition coefficient (Wildman–Crippen LogP) is 6.37. The van der Waals surface area contributed by atoms with Crippen LogP contribution in [0.5, 0.6) is 5.75 Å². The summed E-state index contributed by atoms with van der Waals surface area (Å²) in [5.41, 5.74) is 3.43. The first-order chi connectivity index (χ1) is 15.7. The van der Waals surface area contributed by atoms with Gasteiger partial charge in [-0.2, -0.15) is 0 Å². The van der Waals surface area contributed by atoms with Gasteiger partial charge >= 0.3 is 0 Å². The van der Waals surface area contributed by atoms with Crippen molar-refractivity contribution >= 4 is 11.8 Å². The van der Waals surface area contributed by atoms with Crippen molar-refractivity contribution in [2.45, 2.75) is 38.5 Å². The van der Waals surface area contributed by atoms with Gasteiger partial charge in [-0.15, -0.1) is 0 Å². The Morgan fingerprint density at radius 2 is 1.19 bits per heavy atom. The van der Waals surface area contributed by atoms with Crippen LogP contribution in [-0.2, 0) is 0 Å². The van der Waals surface area contributed by atoms with Gasteiger partial charge in [-0.1, -0.05) is 80.3 Å². The first kappa shape index (κ1) is 21.8. The number of imide groups is 1. The fourth-order valence-corrected chi connectivity index (χ4v) is 4.11. The molecule has 3 aromatic carbocycles. The number of carbonyl (C=O) groups is 2. The molecule has 0 radical (unpaired) electrons. The van der Waals surface area contributed by atoms with Crippen LogP contribution in [0.1, 0.15) is 59.2 Å². The van der Waals surface area contributed by atoms with Crippen LogP contribution in [0, 0.1) is 0 Å². The molecule has 0 N–H and O–H groups in total. The molecule has 32 heavy (non-hydrogen) atoms. The van der Waals surface area contributed by atoms with E-state index < -0.39 is 0 Å². The molecular formula is C28H29NO3. The number of unbranched alkanes of at least 4 members (excludes halogenated alkanes) is 5. The smallest absolute Gasteiger partial charge is 0.261 e. The number of amides is 2. The summed E-state index contributed by atoms with van der Waals surface area (Å²) in [6.07, 6.45) is 6.25. The Morgan fingerprint density at radius 3 is 1.91 bits per heavy atom. The van der Waals surface area contributed by atoms with E-state index >= 15 is 0 Å². The van der Waals surface area contributed by atoms with Gasteiger partial charge in [0.25, 0.3) is 11.8 Å². The number of nitrogens with zero attached hydrogens (tertiary/aromatic N) is 1. The maximum Gasteiger partial charge on any atom is 0.261 e. The molecule has 0 unspecified atom stereocenters. The second kappa shape index (κ2) is 10.8. The van der Waals surface area contributed by atoms with Gasteiger partial charge in [-0.3, -0.25) is 14.5 Å². The van der Waals surface area contributed by atoms with Crippen LogP contribution in [0.25, 0.3) is 11.1 Å². The molecule has 0 aliphatic carbocycles. The van der Waals surface area contributed by atoms with E-state index in [0.717, 1.165) is 44.3 Å². The molecule has 2 amide bonds. The van der Waals surface area contributed by atoms with Gasteiger partial charge in [0.15, 0.2) is 0 Å². The van der Waals surface area contributed by atoms with E-state index in [4.69, 9.17) is 4.74 Å². The fourth-order valence-electron chi connectivity index (χ4n) is 4.11. The zero-order valence-corrected chi connectivity index (χ0v) is 18.3. The monoisotopic (exact) mass is 427 g/mol. The third kappa shape index (κ3) is 5.25. The Hall–Kier alpha value is -3.40. The summed E-state index contributed by atoms with van der Waals surface area (Å²) in [6, 6.07) is 25.6. The zero-order chi connectivity index (χ0) is 22.2.